The zero-order chi connectivity index (χ0) is 27.3. The zero-order valence-corrected chi connectivity index (χ0v) is 20.2. The number of halogens is 4. The van der Waals surface area contributed by atoms with Crippen LogP contribution in [0, 0.1) is 5.82 Å². The summed E-state index contributed by atoms with van der Waals surface area (Å²) >= 11 is 0. The number of fused-ring (bicyclic) bond motifs is 1. The van der Waals surface area contributed by atoms with Crippen LogP contribution in [0.1, 0.15) is 18.9 Å². The lowest BCUT2D eigenvalue weighted by atomic mass is 10.1. The number of rotatable bonds is 6. The van der Waals surface area contributed by atoms with Crippen LogP contribution in [0.15, 0.2) is 55.0 Å². The number of aryl methyl sites for hydroxylation is 1. The second-order valence-electron chi connectivity index (χ2n) is 8.34. The van der Waals surface area contributed by atoms with Crippen LogP contribution < -0.4 is 15.4 Å². The van der Waals surface area contributed by atoms with E-state index >= 15 is 0 Å². The molecule has 4 aromatic rings. The topological polar surface area (TPSA) is 114 Å². The molecule has 4 heterocycles. The first kappa shape index (κ1) is 26.8. The van der Waals surface area contributed by atoms with E-state index < -0.39 is 18.0 Å². The van der Waals surface area contributed by atoms with E-state index in [0.717, 1.165) is 48.6 Å². The lowest BCUT2D eigenvalue weighted by molar-refractivity contribution is -0.192. The van der Waals surface area contributed by atoms with Crippen LogP contribution >= 0.6 is 0 Å². The van der Waals surface area contributed by atoms with Crippen molar-refractivity contribution >= 4 is 23.3 Å². The Kier molecular flexibility index (Phi) is 8.05. The first-order valence-electron chi connectivity index (χ1n) is 11.7. The highest BCUT2D eigenvalue weighted by Crippen LogP contribution is 2.27. The Morgan fingerprint density at radius 2 is 2.03 bits per heavy atom. The number of aliphatic carboxylic acids is 1. The van der Waals surface area contributed by atoms with Crippen LogP contribution in [-0.2, 0) is 11.2 Å². The number of pyridine rings is 1. The maximum atomic E-state index is 14.6. The van der Waals surface area contributed by atoms with E-state index in [1.165, 1.54) is 6.20 Å². The number of carboxylic acids is 1. The quantitative estimate of drug-likeness (QED) is 0.309. The van der Waals surface area contributed by atoms with Gasteiger partial charge in [0.1, 0.15) is 23.2 Å². The number of ether oxygens (including phenoxy) is 1. The van der Waals surface area contributed by atoms with Crippen LogP contribution in [0.4, 0.5) is 29.2 Å². The van der Waals surface area contributed by atoms with E-state index in [4.69, 9.17) is 14.6 Å². The third kappa shape index (κ3) is 6.54. The van der Waals surface area contributed by atoms with Crippen molar-refractivity contribution in [1.29, 1.82) is 0 Å². The lowest BCUT2D eigenvalue weighted by Crippen LogP contribution is -2.21. The monoisotopic (exact) mass is 532 g/mol. The van der Waals surface area contributed by atoms with Crippen molar-refractivity contribution < 1.29 is 32.2 Å². The largest absolute Gasteiger partial charge is 0.490 e. The lowest BCUT2D eigenvalue weighted by Gasteiger charge is -2.15. The molecule has 1 aliphatic heterocycles. The minimum absolute atomic E-state index is 0.170. The van der Waals surface area contributed by atoms with Gasteiger partial charge in [0.25, 0.3) is 0 Å². The molecule has 3 aromatic heterocycles. The normalized spacial score (nSPS) is 15.1. The van der Waals surface area contributed by atoms with Gasteiger partial charge in [0.15, 0.2) is 5.82 Å². The van der Waals surface area contributed by atoms with Gasteiger partial charge in [-0.05, 0) is 49.2 Å². The van der Waals surface area contributed by atoms with Gasteiger partial charge in [-0.25, -0.2) is 24.1 Å². The van der Waals surface area contributed by atoms with Crippen molar-refractivity contribution in [1.82, 2.24) is 24.7 Å². The molecule has 5 rings (SSSR count). The van der Waals surface area contributed by atoms with Crippen LogP contribution in [0.3, 0.4) is 0 Å². The SMILES string of the molecule is CCc1cc(Nc2ncc(F)c(-c3cnc4ccccn34)n2)cc(OC2CCNC2)c1.O=C(O)C(F)(F)F. The number of hydrogen-bond acceptors (Lipinski definition) is 7. The molecule has 0 aliphatic carbocycles. The summed E-state index contributed by atoms with van der Waals surface area (Å²) in [7, 11) is 0. The Bertz CT molecular complexity index is 1420. The molecule has 1 atom stereocenters. The molecule has 38 heavy (non-hydrogen) atoms. The van der Waals surface area contributed by atoms with Crippen LogP contribution in [0.5, 0.6) is 5.75 Å². The van der Waals surface area contributed by atoms with E-state index in [9.17, 15) is 17.6 Å². The second-order valence-corrected chi connectivity index (χ2v) is 8.34. The fourth-order valence-electron chi connectivity index (χ4n) is 3.77. The standard InChI is InChI=1S/C23H23FN6O.C2HF3O2/c1-2-15-9-16(11-18(10-15)31-17-6-7-25-12-17)28-23-27-13-19(24)22(29-23)20-14-26-21-5-3-4-8-30(20)21;3-2(4,5)1(6)7/h3-5,8-11,13-14,17,25H,2,6-7,12H2,1H3,(H,27,28,29);(H,6,7). The smallest absolute Gasteiger partial charge is 0.489 e. The second kappa shape index (κ2) is 11.4. The molecule has 1 aliphatic rings. The highest BCUT2D eigenvalue weighted by molar-refractivity contribution is 5.73. The van der Waals surface area contributed by atoms with Gasteiger partial charge in [0.05, 0.1) is 18.1 Å². The third-order valence-electron chi connectivity index (χ3n) is 5.59. The van der Waals surface area contributed by atoms with Gasteiger partial charge in [-0.1, -0.05) is 13.0 Å². The van der Waals surface area contributed by atoms with Gasteiger partial charge in [-0.2, -0.15) is 13.2 Å². The highest BCUT2D eigenvalue weighted by Gasteiger charge is 2.38. The molecule has 1 aromatic carbocycles. The van der Waals surface area contributed by atoms with Crippen molar-refractivity contribution in [2.45, 2.75) is 32.0 Å². The Labute approximate surface area is 214 Å². The molecule has 1 fully saturated rings. The Balaban J connectivity index is 0.000000426. The number of aromatic nitrogens is 4. The van der Waals surface area contributed by atoms with Gasteiger partial charge in [-0.3, -0.25) is 4.40 Å². The number of carbonyl (C=O) groups is 1. The molecule has 0 radical (unpaired) electrons. The summed E-state index contributed by atoms with van der Waals surface area (Å²) < 4.78 is 54.3. The number of nitrogens with zero attached hydrogens (tertiary/aromatic N) is 4. The minimum Gasteiger partial charge on any atom is -0.489 e. The molecule has 3 N–H and O–H groups in total. The van der Waals surface area contributed by atoms with Crippen LogP contribution in [0.2, 0.25) is 0 Å². The molecule has 200 valence electrons. The summed E-state index contributed by atoms with van der Waals surface area (Å²) in [6.07, 6.45) is 1.57. The number of alkyl halides is 3. The summed E-state index contributed by atoms with van der Waals surface area (Å²) in [6, 6.07) is 11.6. The summed E-state index contributed by atoms with van der Waals surface area (Å²) in [5.41, 5.74) is 3.42. The Morgan fingerprint density at radius 3 is 2.71 bits per heavy atom. The molecule has 0 saturated carbocycles. The Morgan fingerprint density at radius 1 is 1.24 bits per heavy atom. The highest BCUT2D eigenvalue weighted by atomic mass is 19.4. The number of carboxylic acid groups (broad SMARTS) is 1. The number of nitrogens with one attached hydrogen (secondary N) is 2. The summed E-state index contributed by atoms with van der Waals surface area (Å²) in [6.45, 7) is 3.92. The van der Waals surface area contributed by atoms with Gasteiger partial charge in [0, 0.05) is 24.5 Å². The fourth-order valence-corrected chi connectivity index (χ4v) is 3.77. The minimum atomic E-state index is -5.08. The van der Waals surface area contributed by atoms with Gasteiger partial charge in [0.2, 0.25) is 5.95 Å². The first-order chi connectivity index (χ1) is 18.1. The van der Waals surface area contributed by atoms with Crippen LogP contribution in [0.25, 0.3) is 17.0 Å². The average Bonchev–Trinajstić information content (AvgIpc) is 3.55. The van der Waals surface area contributed by atoms with Crippen molar-refractivity contribution in [3.05, 3.63) is 66.4 Å². The molecule has 9 nitrogen and oxygen atoms in total. The molecular formula is C25H24F4N6O3. The van der Waals surface area contributed by atoms with E-state index in [1.807, 2.05) is 36.5 Å². The van der Waals surface area contributed by atoms with Crippen molar-refractivity contribution in [2.24, 2.45) is 0 Å². The summed E-state index contributed by atoms with van der Waals surface area (Å²) in [5.74, 6) is -2.15. The first-order valence-corrected chi connectivity index (χ1v) is 11.7. The number of imidazole rings is 1. The van der Waals surface area contributed by atoms with E-state index in [2.05, 4.69) is 38.6 Å². The predicted octanol–water partition coefficient (Wildman–Crippen LogP) is 4.61. The molecule has 0 spiro atoms. The van der Waals surface area contributed by atoms with Gasteiger partial charge < -0.3 is 20.5 Å². The Hall–Kier alpha value is -4.26. The van der Waals surface area contributed by atoms with Crippen molar-refractivity contribution in [3.8, 4) is 17.1 Å². The number of anilines is 2. The maximum Gasteiger partial charge on any atom is 0.490 e. The van der Waals surface area contributed by atoms with E-state index in [0.29, 0.717) is 11.6 Å². The molecule has 13 heteroatoms. The van der Waals surface area contributed by atoms with Gasteiger partial charge in [-0.15, -0.1) is 0 Å². The summed E-state index contributed by atoms with van der Waals surface area (Å²) in [4.78, 5) is 21.8. The van der Waals surface area contributed by atoms with Crippen molar-refractivity contribution in [3.63, 3.8) is 0 Å². The number of benzene rings is 1. The zero-order valence-electron chi connectivity index (χ0n) is 20.2. The van der Waals surface area contributed by atoms with Crippen LogP contribution in [-0.4, -0.2) is 55.8 Å². The molecule has 0 bridgehead atoms. The number of hydrogen-bond donors (Lipinski definition) is 3. The van der Waals surface area contributed by atoms with Gasteiger partial charge >= 0.3 is 12.1 Å². The molecule has 1 unspecified atom stereocenters. The van der Waals surface area contributed by atoms with Crippen molar-refractivity contribution in [2.75, 3.05) is 18.4 Å². The van der Waals surface area contributed by atoms with E-state index in [1.54, 1.807) is 10.6 Å². The third-order valence-corrected chi connectivity index (χ3v) is 5.59. The summed E-state index contributed by atoms with van der Waals surface area (Å²) in [5, 5.41) is 13.6. The molecule has 1 saturated heterocycles. The predicted molar refractivity (Wildman–Crippen MR) is 131 cm³/mol. The average molecular weight is 532 g/mol. The van der Waals surface area contributed by atoms with E-state index in [-0.39, 0.29) is 11.8 Å². The molecule has 0 amide bonds. The molecular weight excluding hydrogens is 508 g/mol. The maximum absolute atomic E-state index is 14.6. The fraction of sp³-hybridized carbons (Fsp3) is 0.280.